The summed E-state index contributed by atoms with van der Waals surface area (Å²) in [6, 6.07) is 13.8. The summed E-state index contributed by atoms with van der Waals surface area (Å²) in [6.45, 7) is 2.23. The second-order valence-electron chi connectivity index (χ2n) is 6.25. The Kier molecular flexibility index (Phi) is 4.14. The fourth-order valence-corrected chi connectivity index (χ4v) is 4.82. The van der Waals surface area contributed by atoms with E-state index in [4.69, 9.17) is 4.52 Å². The van der Waals surface area contributed by atoms with Crippen LogP contribution >= 0.6 is 22.7 Å². The van der Waals surface area contributed by atoms with E-state index in [0.29, 0.717) is 17.1 Å². The number of thiophene rings is 2. The number of nitrogens with zero attached hydrogens (tertiary/aromatic N) is 4. The highest BCUT2D eigenvalue weighted by atomic mass is 32.1. The highest BCUT2D eigenvalue weighted by molar-refractivity contribution is 7.19. The smallest absolute Gasteiger partial charge is 0.268 e. The molecular weight excluding hydrogens is 392 g/mol. The average molecular weight is 406 g/mol. The number of benzene rings is 1. The first-order valence-electron chi connectivity index (χ1n) is 8.61. The number of aromatic nitrogens is 4. The fraction of sp³-hybridized carbons (Fsp3) is 0.100. The van der Waals surface area contributed by atoms with Crippen LogP contribution in [0.3, 0.4) is 0 Å². The minimum Gasteiger partial charge on any atom is -0.333 e. The zero-order valence-electron chi connectivity index (χ0n) is 14.8. The lowest BCUT2D eigenvalue weighted by Gasteiger charge is -2.04. The van der Waals surface area contributed by atoms with Crippen LogP contribution < -0.4 is 5.56 Å². The normalized spacial score (nSPS) is 11.3. The molecule has 0 N–H and O–H groups in total. The molecule has 0 radical (unpaired) electrons. The van der Waals surface area contributed by atoms with Crippen LogP contribution in [0.1, 0.15) is 10.7 Å². The van der Waals surface area contributed by atoms with E-state index < -0.39 is 0 Å². The van der Waals surface area contributed by atoms with Gasteiger partial charge in [0.15, 0.2) is 5.82 Å². The van der Waals surface area contributed by atoms with Gasteiger partial charge < -0.3 is 4.52 Å². The third kappa shape index (κ3) is 2.87. The average Bonchev–Trinajstić information content (AvgIpc) is 3.44. The summed E-state index contributed by atoms with van der Waals surface area (Å²) >= 11 is 3.06. The molecule has 8 heteroatoms. The van der Waals surface area contributed by atoms with Crippen LogP contribution in [0.25, 0.3) is 32.1 Å². The molecule has 0 aliphatic heterocycles. The second-order valence-corrected chi connectivity index (χ2v) is 8.40. The lowest BCUT2D eigenvalue weighted by atomic mass is 10.0. The zero-order chi connectivity index (χ0) is 19.1. The van der Waals surface area contributed by atoms with Crippen LogP contribution in [0.5, 0.6) is 0 Å². The van der Waals surface area contributed by atoms with Crippen molar-refractivity contribution in [3.05, 3.63) is 75.2 Å². The summed E-state index contributed by atoms with van der Waals surface area (Å²) in [7, 11) is 0. The van der Waals surface area contributed by atoms with Crippen molar-refractivity contribution in [2.24, 2.45) is 0 Å². The van der Waals surface area contributed by atoms with E-state index >= 15 is 0 Å². The molecule has 28 heavy (non-hydrogen) atoms. The number of hydrogen-bond donors (Lipinski definition) is 0. The van der Waals surface area contributed by atoms with Crippen molar-refractivity contribution >= 4 is 32.9 Å². The van der Waals surface area contributed by atoms with Gasteiger partial charge in [0.2, 0.25) is 0 Å². The molecular formula is C20H14N4O2S2. The molecule has 0 spiro atoms. The third-order valence-corrected chi connectivity index (χ3v) is 6.30. The Bertz CT molecular complexity index is 1320. The summed E-state index contributed by atoms with van der Waals surface area (Å²) < 4.78 is 6.85. The molecule has 0 unspecified atom stereocenters. The molecule has 0 aliphatic rings. The molecule has 0 saturated heterocycles. The minimum atomic E-state index is -0.101. The number of fused-ring (bicyclic) bond motifs is 1. The molecule has 4 heterocycles. The SMILES string of the molecule is Cc1sc2ncn(Cc3noc(-c4cccs4)n3)c(=O)c2c1-c1ccccc1. The van der Waals surface area contributed by atoms with Crippen molar-refractivity contribution in [2.75, 3.05) is 0 Å². The van der Waals surface area contributed by atoms with Gasteiger partial charge in [0.1, 0.15) is 4.83 Å². The first-order valence-corrected chi connectivity index (χ1v) is 10.3. The molecule has 6 nitrogen and oxygen atoms in total. The fourth-order valence-electron chi connectivity index (χ4n) is 3.17. The predicted molar refractivity (Wildman–Crippen MR) is 111 cm³/mol. The molecule has 0 aliphatic carbocycles. The van der Waals surface area contributed by atoms with Gasteiger partial charge in [-0.05, 0) is 23.9 Å². The van der Waals surface area contributed by atoms with Gasteiger partial charge >= 0.3 is 0 Å². The van der Waals surface area contributed by atoms with Crippen LogP contribution in [-0.4, -0.2) is 19.7 Å². The Morgan fingerprint density at radius 2 is 2.00 bits per heavy atom. The predicted octanol–water partition coefficient (Wildman–Crippen LogP) is 4.59. The molecule has 138 valence electrons. The van der Waals surface area contributed by atoms with Crippen molar-refractivity contribution < 1.29 is 4.52 Å². The third-order valence-electron chi connectivity index (χ3n) is 4.43. The van der Waals surface area contributed by atoms with Crippen LogP contribution in [0.2, 0.25) is 0 Å². The van der Waals surface area contributed by atoms with Crippen LogP contribution in [-0.2, 0) is 6.54 Å². The van der Waals surface area contributed by atoms with Crippen LogP contribution in [0, 0.1) is 6.92 Å². The maximum Gasteiger partial charge on any atom is 0.268 e. The van der Waals surface area contributed by atoms with Gasteiger partial charge in [-0.15, -0.1) is 22.7 Å². The molecule has 0 bridgehead atoms. The molecule has 5 aromatic rings. The van der Waals surface area contributed by atoms with Crippen molar-refractivity contribution in [1.82, 2.24) is 19.7 Å². The van der Waals surface area contributed by atoms with Crippen molar-refractivity contribution in [3.8, 4) is 21.9 Å². The van der Waals surface area contributed by atoms with Gasteiger partial charge in [0.25, 0.3) is 11.4 Å². The Morgan fingerprint density at radius 1 is 1.14 bits per heavy atom. The van der Waals surface area contributed by atoms with E-state index in [-0.39, 0.29) is 12.1 Å². The van der Waals surface area contributed by atoms with Gasteiger partial charge in [-0.25, -0.2) is 4.98 Å². The zero-order valence-corrected chi connectivity index (χ0v) is 16.5. The van der Waals surface area contributed by atoms with Gasteiger partial charge in [-0.1, -0.05) is 41.6 Å². The monoisotopic (exact) mass is 406 g/mol. The summed E-state index contributed by atoms with van der Waals surface area (Å²) in [5, 5.41) is 6.60. The van der Waals surface area contributed by atoms with E-state index in [1.165, 1.54) is 27.2 Å². The van der Waals surface area contributed by atoms with Gasteiger partial charge in [0, 0.05) is 10.4 Å². The van der Waals surface area contributed by atoms with E-state index in [0.717, 1.165) is 25.7 Å². The van der Waals surface area contributed by atoms with E-state index in [2.05, 4.69) is 15.1 Å². The van der Waals surface area contributed by atoms with Gasteiger partial charge in [-0.3, -0.25) is 9.36 Å². The van der Waals surface area contributed by atoms with Crippen molar-refractivity contribution in [3.63, 3.8) is 0 Å². The largest absolute Gasteiger partial charge is 0.333 e. The maximum atomic E-state index is 13.2. The second kappa shape index (κ2) is 6.81. The Morgan fingerprint density at radius 3 is 2.79 bits per heavy atom. The lowest BCUT2D eigenvalue weighted by Crippen LogP contribution is -2.21. The molecule has 5 rings (SSSR count). The van der Waals surface area contributed by atoms with E-state index in [1.807, 2.05) is 54.8 Å². The quantitative estimate of drug-likeness (QED) is 0.436. The van der Waals surface area contributed by atoms with E-state index in [1.54, 1.807) is 6.33 Å². The molecule has 0 fully saturated rings. The van der Waals surface area contributed by atoms with E-state index in [9.17, 15) is 4.79 Å². The van der Waals surface area contributed by atoms with Gasteiger partial charge in [-0.2, -0.15) is 4.98 Å². The summed E-state index contributed by atoms with van der Waals surface area (Å²) in [4.78, 5) is 24.8. The Hall–Kier alpha value is -3.10. The van der Waals surface area contributed by atoms with Crippen LogP contribution in [0.15, 0.2) is 63.5 Å². The number of hydrogen-bond acceptors (Lipinski definition) is 7. The highest BCUT2D eigenvalue weighted by Crippen LogP contribution is 2.35. The van der Waals surface area contributed by atoms with Crippen molar-refractivity contribution in [2.45, 2.75) is 13.5 Å². The van der Waals surface area contributed by atoms with Crippen molar-refractivity contribution in [1.29, 1.82) is 0 Å². The Labute approximate surface area is 167 Å². The molecule has 0 atom stereocenters. The number of rotatable bonds is 4. The first kappa shape index (κ1) is 17.0. The topological polar surface area (TPSA) is 73.8 Å². The lowest BCUT2D eigenvalue weighted by molar-refractivity contribution is 0.421. The standard InChI is InChI=1S/C20H14N4O2S2/c1-12-16(13-6-3-2-4-7-13)17-19(28-12)21-11-24(20(17)25)10-15-22-18(26-23-15)14-8-5-9-27-14/h2-9,11H,10H2,1H3. The first-order chi connectivity index (χ1) is 13.7. The van der Waals surface area contributed by atoms with Crippen LogP contribution in [0.4, 0.5) is 0 Å². The minimum absolute atomic E-state index is 0.101. The summed E-state index contributed by atoms with van der Waals surface area (Å²) in [6.07, 6.45) is 1.55. The molecule has 1 aromatic carbocycles. The molecule has 0 saturated carbocycles. The maximum absolute atomic E-state index is 13.2. The summed E-state index contributed by atoms with van der Waals surface area (Å²) in [5.41, 5.74) is 1.86. The van der Waals surface area contributed by atoms with Gasteiger partial charge in [0.05, 0.1) is 23.1 Å². The number of aryl methyl sites for hydroxylation is 1. The molecule has 4 aromatic heterocycles. The molecule has 0 amide bonds. The Balaban J connectivity index is 1.58. The highest BCUT2D eigenvalue weighted by Gasteiger charge is 2.18. The summed E-state index contributed by atoms with van der Waals surface area (Å²) in [5.74, 6) is 0.906.